The topological polar surface area (TPSA) is 104 Å². The molecule has 25 heavy (non-hydrogen) atoms. The largest absolute Gasteiger partial charge is 0.481 e. The number of amides is 2. The van der Waals surface area contributed by atoms with Crippen LogP contribution in [0.25, 0.3) is 0 Å². The second-order valence-corrected chi connectivity index (χ2v) is 7.54. The third kappa shape index (κ3) is 2.69. The lowest BCUT2D eigenvalue weighted by Gasteiger charge is -2.25. The minimum atomic E-state index is -1.04. The van der Waals surface area contributed by atoms with Crippen LogP contribution in [0.5, 0.6) is 0 Å². The average Bonchev–Trinajstić information content (AvgIpc) is 3.07. The molecule has 1 saturated carbocycles. The molecule has 8 nitrogen and oxygen atoms in total. The van der Waals surface area contributed by atoms with Gasteiger partial charge < -0.3 is 19.4 Å². The van der Waals surface area contributed by atoms with Crippen LogP contribution in [0.15, 0.2) is 10.6 Å². The number of carboxylic acids is 1. The number of aromatic nitrogens is 1. The summed E-state index contributed by atoms with van der Waals surface area (Å²) < 4.78 is 5.08. The molecule has 2 saturated heterocycles. The van der Waals surface area contributed by atoms with E-state index in [-0.39, 0.29) is 43.2 Å². The first-order valence-electron chi connectivity index (χ1n) is 8.61. The zero-order chi connectivity index (χ0) is 17.8. The Morgan fingerprint density at radius 3 is 2.52 bits per heavy atom. The molecule has 1 aliphatic carbocycles. The van der Waals surface area contributed by atoms with E-state index in [1.54, 1.807) is 22.8 Å². The van der Waals surface area contributed by atoms with Crippen LogP contribution in [0.4, 0.5) is 0 Å². The van der Waals surface area contributed by atoms with E-state index in [1.807, 2.05) is 0 Å². The van der Waals surface area contributed by atoms with Crippen molar-refractivity contribution >= 4 is 17.8 Å². The van der Waals surface area contributed by atoms with Crippen LogP contribution in [0.1, 0.15) is 24.3 Å². The number of aliphatic carboxylic acids is 1. The van der Waals surface area contributed by atoms with Crippen LogP contribution in [0, 0.1) is 24.2 Å². The number of hydrogen-bond acceptors (Lipinski definition) is 5. The van der Waals surface area contributed by atoms with Gasteiger partial charge in [0.2, 0.25) is 11.8 Å². The van der Waals surface area contributed by atoms with E-state index in [1.165, 1.54) is 0 Å². The lowest BCUT2D eigenvalue weighted by atomic mass is 9.81. The smallest absolute Gasteiger partial charge is 0.313 e. The second kappa shape index (κ2) is 5.57. The summed E-state index contributed by atoms with van der Waals surface area (Å²) in [6, 6.07) is 1.71. The van der Waals surface area contributed by atoms with Gasteiger partial charge in [0.1, 0.15) is 11.2 Å². The number of aryl methyl sites for hydroxylation is 1. The van der Waals surface area contributed by atoms with Gasteiger partial charge in [-0.25, -0.2) is 0 Å². The number of carbonyl (C=O) groups excluding carboxylic acids is 2. The number of nitrogens with zero attached hydrogens (tertiary/aromatic N) is 3. The van der Waals surface area contributed by atoms with Gasteiger partial charge in [0.15, 0.2) is 0 Å². The number of rotatable bonds is 4. The van der Waals surface area contributed by atoms with Gasteiger partial charge in [0, 0.05) is 44.1 Å². The highest BCUT2D eigenvalue weighted by atomic mass is 16.5. The highest BCUT2D eigenvalue weighted by molar-refractivity contribution is 5.86. The van der Waals surface area contributed by atoms with Gasteiger partial charge in [-0.2, -0.15) is 0 Å². The van der Waals surface area contributed by atoms with Gasteiger partial charge in [-0.3, -0.25) is 14.4 Å². The molecule has 0 spiro atoms. The molecular formula is C17H21N3O5. The highest BCUT2D eigenvalue weighted by Crippen LogP contribution is 2.44. The van der Waals surface area contributed by atoms with E-state index in [0.29, 0.717) is 24.5 Å². The van der Waals surface area contributed by atoms with Gasteiger partial charge in [0.05, 0.1) is 12.1 Å². The van der Waals surface area contributed by atoms with Crippen molar-refractivity contribution in [3.8, 4) is 0 Å². The zero-order valence-corrected chi connectivity index (χ0v) is 14.1. The normalized spacial score (nSPS) is 28.3. The summed E-state index contributed by atoms with van der Waals surface area (Å²) in [6.45, 7) is 2.92. The van der Waals surface area contributed by atoms with Crippen LogP contribution in [-0.2, 0) is 20.8 Å². The molecular weight excluding hydrogens is 326 g/mol. The SMILES string of the molecule is Cc1cc(CC(=O)N2C[C@@H]3CN(C(=O)C4CC4)C[C@]3(C(=O)O)C2)on1. The molecule has 1 aromatic rings. The first-order chi connectivity index (χ1) is 11.9. The van der Waals surface area contributed by atoms with Crippen molar-refractivity contribution in [3.05, 3.63) is 17.5 Å². The van der Waals surface area contributed by atoms with Crippen molar-refractivity contribution in [2.45, 2.75) is 26.2 Å². The Kier molecular flexibility index (Phi) is 3.59. The fourth-order valence-corrected chi connectivity index (χ4v) is 4.07. The summed E-state index contributed by atoms with van der Waals surface area (Å²) in [5.74, 6) is -0.662. The van der Waals surface area contributed by atoms with Gasteiger partial charge in [-0.05, 0) is 19.8 Å². The molecule has 0 bridgehead atoms. The molecule has 3 aliphatic rings. The molecule has 0 aromatic carbocycles. The third-order valence-corrected chi connectivity index (χ3v) is 5.63. The van der Waals surface area contributed by atoms with Gasteiger partial charge in [-0.15, -0.1) is 0 Å². The first kappa shape index (κ1) is 16.1. The predicted octanol–water partition coefficient (Wildman–Crippen LogP) is 0.307. The van der Waals surface area contributed by atoms with E-state index in [2.05, 4.69) is 5.16 Å². The Hall–Kier alpha value is -2.38. The number of carboxylic acid groups (broad SMARTS) is 1. The molecule has 2 aliphatic heterocycles. The Labute approximate surface area is 144 Å². The van der Waals surface area contributed by atoms with Crippen LogP contribution < -0.4 is 0 Å². The lowest BCUT2D eigenvalue weighted by Crippen LogP contribution is -2.43. The van der Waals surface area contributed by atoms with Gasteiger partial charge in [-0.1, -0.05) is 5.16 Å². The number of hydrogen-bond donors (Lipinski definition) is 1. The summed E-state index contributed by atoms with van der Waals surface area (Å²) >= 11 is 0. The fourth-order valence-electron chi connectivity index (χ4n) is 4.07. The maximum Gasteiger partial charge on any atom is 0.313 e. The Morgan fingerprint density at radius 1 is 1.28 bits per heavy atom. The standard InChI is InChI=1S/C17H21N3O5/c1-10-4-13(25-18-10)5-14(21)19-6-12-7-20(15(22)11-2-3-11)9-17(12,8-19)16(23)24/h4,11-12H,2-3,5-9H2,1H3,(H,23,24)/t12-,17-/m1/s1. The summed E-state index contributed by atoms with van der Waals surface area (Å²) in [4.78, 5) is 40.1. The van der Waals surface area contributed by atoms with E-state index < -0.39 is 11.4 Å². The van der Waals surface area contributed by atoms with Crippen molar-refractivity contribution in [1.29, 1.82) is 0 Å². The van der Waals surface area contributed by atoms with E-state index in [9.17, 15) is 19.5 Å². The van der Waals surface area contributed by atoms with Crippen LogP contribution in [0.3, 0.4) is 0 Å². The average molecular weight is 347 g/mol. The number of likely N-dealkylation sites (tertiary alicyclic amines) is 2. The molecule has 4 rings (SSSR count). The van der Waals surface area contributed by atoms with Gasteiger partial charge in [0.25, 0.3) is 0 Å². The summed E-state index contributed by atoms with van der Waals surface area (Å²) in [7, 11) is 0. The van der Waals surface area contributed by atoms with Gasteiger partial charge >= 0.3 is 5.97 Å². The van der Waals surface area contributed by atoms with Crippen LogP contribution in [-0.4, -0.2) is 64.0 Å². The Balaban J connectivity index is 1.46. The summed E-state index contributed by atoms with van der Waals surface area (Å²) in [6.07, 6.45) is 1.89. The van der Waals surface area contributed by atoms with Crippen molar-refractivity contribution < 1.29 is 24.0 Å². The molecule has 3 heterocycles. The second-order valence-electron chi connectivity index (χ2n) is 7.54. The summed E-state index contributed by atoms with van der Waals surface area (Å²) in [5.41, 5.74) is -0.338. The molecule has 1 N–H and O–H groups in total. The third-order valence-electron chi connectivity index (χ3n) is 5.63. The van der Waals surface area contributed by atoms with Crippen molar-refractivity contribution in [1.82, 2.24) is 15.0 Å². The quantitative estimate of drug-likeness (QED) is 0.840. The van der Waals surface area contributed by atoms with Crippen LogP contribution >= 0.6 is 0 Å². The first-order valence-corrected chi connectivity index (χ1v) is 8.61. The number of carbonyl (C=O) groups is 3. The van der Waals surface area contributed by atoms with Crippen molar-refractivity contribution in [3.63, 3.8) is 0 Å². The minimum Gasteiger partial charge on any atom is -0.481 e. The molecule has 134 valence electrons. The monoisotopic (exact) mass is 347 g/mol. The minimum absolute atomic E-state index is 0.0741. The van der Waals surface area contributed by atoms with Crippen molar-refractivity contribution in [2.75, 3.05) is 26.2 Å². The maximum absolute atomic E-state index is 12.5. The molecule has 0 unspecified atom stereocenters. The maximum atomic E-state index is 12.5. The van der Waals surface area contributed by atoms with E-state index >= 15 is 0 Å². The highest BCUT2D eigenvalue weighted by Gasteiger charge is 2.60. The van der Waals surface area contributed by atoms with Crippen molar-refractivity contribution in [2.24, 2.45) is 17.3 Å². The molecule has 3 fully saturated rings. The Bertz CT molecular complexity index is 740. The summed E-state index contributed by atoms with van der Waals surface area (Å²) in [5, 5.41) is 13.6. The van der Waals surface area contributed by atoms with E-state index in [0.717, 1.165) is 12.8 Å². The van der Waals surface area contributed by atoms with E-state index in [4.69, 9.17) is 4.52 Å². The van der Waals surface area contributed by atoms with Crippen LogP contribution in [0.2, 0.25) is 0 Å². The molecule has 8 heteroatoms. The molecule has 2 amide bonds. The fraction of sp³-hybridized carbons (Fsp3) is 0.647. The number of fused-ring (bicyclic) bond motifs is 1. The zero-order valence-electron chi connectivity index (χ0n) is 14.1. The lowest BCUT2D eigenvalue weighted by molar-refractivity contribution is -0.149. The predicted molar refractivity (Wildman–Crippen MR) is 84.4 cm³/mol. The molecule has 1 aromatic heterocycles. The Morgan fingerprint density at radius 2 is 1.96 bits per heavy atom. The molecule has 0 radical (unpaired) electrons. The molecule has 2 atom stereocenters.